The molecule has 1 aliphatic rings. The normalized spacial score (nSPS) is 17.4. The van der Waals surface area contributed by atoms with Crippen molar-refractivity contribution in [3.63, 3.8) is 0 Å². The van der Waals surface area contributed by atoms with Crippen LogP contribution in [0, 0.1) is 11.6 Å². The average Bonchev–Trinajstić information content (AvgIpc) is 2.28. The summed E-state index contributed by atoms with van der Waals surface area (Å²) in [6.07, 6.45) is 1.60. The van der Waals surface area contributed by atoms with Gasteiger partial charge in [0.15, 0.2) is 0 Å². The van der Waals surface area contributed by atoms with Crippen LogP contribution in [0.5, 0.6) is 0 Å². The van der Waals surface area contributed by atoms with Crippen molar-refractivity contribution in [2.45, 2.75) is 25.3 Å². The van der Waals surface area contributed by atoms with E-state index in [0.29, 0.717) is 0 Å². The van der Waals surface area contributed by atoms with E-state index in [1.165, 1.54) is 0 Å². The van der Waals surface area contributed by atoms with Gasteiger partial charge in [0.25, 0.3) is 5.91 Å². The van der Waals surface area contributed by atoms with Gasteiger partial charge in [-0.25, -0.2) is 8.78 Å². The molecular formula is C13H17ClF2N2O. The number of carbonyl (C=O) groups excluding carboxylic acids is 1. The van der Waals surface area contributed by atoms with Crippen LogP contribution in [0.15, 0.2) is 18.2 Å². The fourth-order valence-electron chi connectivity index (χ4n) is 2.13. The van der Waals surface area contributed by atoms with Crippen molar-refractivity contribution >= 4 is 18.3 Å². The van der Waals surface area contributed by atoms with E-state index in [9.17, 15) is 13.6 Å². The number of nitrogens with one attached hydrogen (secondary N) is 2. The lowest BCUT2D eigenvalue weighted by Gasteiger charge is -2.35. The SMILES string of the molecule is CC1(NC(=O)c2cc(F)cc(F)c2)CCNCC1.Cl. The van der Waals surface area contributed by atoms with Gasteiger partial charge < -0.3 is 10.6 Å². The summed E-state index contributed by atoms with van der Waals surface area (Å²) >= 11 is 0. The second-order valence-corrected chi connectivity index (χ2v) is 4.92. The summed E-state index contributed by atoms with van der Waals surface area (Å²) in [5, 5.41) is 6.05. The zero-order valence-electron chi connectivity index (χ0n) is 10.6. The van der Waals surface area contributed by atoms with Crippen LogP contribution < -0.4 is 10.6 Å². The Labute approximate surface area is 117 Å². The van der Waals surface area contributed by atoms with Crippen molar-refractivity contribution in [2.75, 3.05) is 13.1 Å². The molecule has 19 heavy (non-hydrogen) atoms. The number of hydrogen-bond acceptors (Lipinski definition) is 2. The highest BCUT2D eigenvalue weighted by molar-refractivity contribution is 5.94. The molecule has 2 N–H and O–H groups in total. The highest BCUT2D eigenvalue weighted by Crippen LogP contribution is 2.18. The first-order chi connectivity index (χ1) is 8.48. The molecule has 0 spiro atoms. The molecule has 0 radical (unpaired) electrons. The highest BCUT2D eigenvalue weighted by Gasteiger charge is 2.28. The van der Waals surface area contributed by atoms with Gasteiger partial charge in [0, 0.05) is 17.2 Å². The van der Waals surface area contributed by atoms with Crippen molar-refractivity contribution in [3.8, 4) is 0 Å². The Bertz CT molecular complexity index is 442. The maximum absolute atomic E-state index is 13.0. The van der Waals surface area contributed by atoms with E-state index in [1.54, 1.807) is 0 Å². The zero-order valence-corrected chi connectivity index (χ0v) is 11.4. The van der Waals surface area contributed by atoms with Gasteiger partial charge in [0.1, 0.15) is 11.6 Å². The molecule has 1 saturated heterocycles. The molecule has 1 heterocycles. The van der Waals surface area contributed by atoms with Crippen LogP contribution in [0.1, 0.15) is 30.1 Å². The summed E-state index contributed by atoms with van der Waals surface area (Å²) in [5.74, 6) is -1.91. The molecule has 0 bridgehead atoms. The quantitative estimate of drug-likeness (QED) is 0.877. The van der Waals surface area contributed by atoms with Crippen LogP contribution in [0.4, 0.5) is 8.78 Å². The molecule has 1 amide bonds. The van der Waals surface area contributed by atoms with Crippen molar-refractivity contribution in [3.05, 3.63) is 35.4 Å². The van der Waals surface area contributed by atoms with E-state index in [2.05, 4.69) is 10.6 Å². The van der Waals surface area contributed by atoms with Crippen LogP contribution >= 0.6 is 12.4 Å². The molecule has 1 aromatic rings. The summed E-state index contributed by atoms with van der Waals surface area (Å²) in [5.41, 5.74) is -0.294. The van der Waals surface area contributed by atoms with Crippen molar-refractivity contribution in [2.24, 2.45) is 0 Å². The molecule has 1 aromatic carbocycles. The van der Waals surface area contributed by atoms with Crippen LogP contribution in [0.3, 0.4) is 0 Å². The Morgan fingerprint density at radius 1 is 1.21 bits per heavy atom. The van der Waals surface area contributed by atoms with Crippen molar-refractivity contribution in [1.29, 1.82) is 0 Å². The molecule has 0 unspecified atom stereocenters. The number of benzene rings is 1. The van der Waals surface area contributed by atoms with Gasteiger partial charge >= 0.3 is 0 Å². The maximum Gasteiger partial charge on any atom is 0.251 e. The predicted octanol–water partition coefficient (Wildman–Crippen LogP) is 2.26. The molecule has 6 heteroatoms. The maximum atomic E-state index is 13.0. The standard InChI is InChI=1S/C13H16F2N2O.ClH/c1-13(2-4-16-5-3-13)17-12(18)9-6-10(14)8-11(15)7-9;/h6-8,16H,2-5H2,1H3,(H,17,18);1H. The third-order valence-electron chi connectivity index (χ3n) is 3.25. The zero-order chi connectivity index (χ0) is 13.2. The molecule has 1 aliphatic heterocycles. The van der Waals surface area contributed by atoms with E-state index in [4.69, 9.17) is 0 Å². The van der Waals surface area contributed by atoms with E-state index in [0.717, 1.165) is 44.1 Å². The van der Waals surface area contributed by atoms with Crippen LogP contribution in [0.25, 0.3) is 0 Å². The number of piperidine rings is 1. The smallest absolute Gasteiger partial charge is 0.251 e. The van der Waals surface area contributed by atoms with Gasteiger partial charge in [-0.1, -0.05) is 0 Å². The monoisotopic (exact) mass is 290 g/mol. The second kappa shape index (κ2) is 6.30. The Hall–Kier alpha value is -1.20. The number of carbonyl (C=O) groups is 1. The Balaban J connectivity index is 0.00000180. The summed E-state index contributed by atoms with van der Waals surface area (Å²) in [6.45, 7) is 3.60. The third kappa shape index (κ3) is 4.14. The topological polar surface area (TPSA) is 41.1 Å². The molecule has 0 atom stereocenters. The molecule has 3 nitrogen and oxygen atoms in total. The van der Waals surface area contributed by atoms with Crippen molar-refractivity contribution in [1.82, 2.24) is 10.6 Å². The van der Waals surface area contributed by atoms with Gasteiger partial charge in [-0.2, -0.15) is 0 Å². The van der Waals surface area contributed by atoms with Gasteiger partial charge in [0.05, 0.1) is 0 Å². The van der Waals surface area contributed by atoms with E-state index in [-0.39, 0.29) is 23.5 Å². The number of amides is 1. The Morgan fingerprint density at radius 2 is 1.74 bits per heavy atom. The lowest BCUT2D eigenvalue weighted by Crippen LogP contribution is -2.52. The highest BCUT2D eigenvalue weighted by atomic mass is 35.5. The Morgan fingerprint density at radius 3 is 2.26 bits per heavy atom. The largest absolute Gasteiger partial charge is 0.347 e. The molecule has 106 valence electrons. The van der Waals surface area contributed by atoms with Crippen molar-refractivity contribution < 1.29 is 13.6 Å². The molecule has 0 saturated carbocycles. The summed E-state index contributed by atoms with van der Waals surface area (Å²) in [6, 6.07) is 2.84. The Kier molecular flexibility index (Phi) is 5.26. The van der Waals surface area contributed by atoms with Gasteiger partial charge in [-0.05, 0) is 45.0 Å². The van der Waals surface area contributed by atoms with Gasteiger partial charge in [-0.3, -0.25) is 4.79 Å². The average molecular weight is 291 g/mol. The summed E-state index contributed by atoms with van der Waals surface area (Å²) in [4.78, 5) is 12.0. The lowest BCUT2D eigenvalue weighted by atomic mass is 9.90. The minimum absolute atomic E-state index is 0. The molecule has 0 aliphatic carbocycles. The van der Waals surface area contributed by atoms with E-state index < -0.39 is 17.5 Å². The van der Waals surface area contributed by atoms with Gasteiger partial charge in [-0.15, -0.1) is 12.4 Å². The number of hydrogen-bond donors (Lipinski definition) is 2. The lowest BCUT2D eigenvalue weighted by molar-refractivity contribution is 0.0886. The minimum atomic E-state index is -0.740. The van der Waals surface area contributed by atoms with Crippen LogP contribution in [-0.2, 0) is 0 Å². The summed E-state index contributed by atoms with van der Waals surface area (Å²) in [7, 11) is 0. The van der Waals surface area contributed by atoms with E-state index >= 15 is 0 Å². The molecule has 1 fully saturated rings. The first-order valence-electron chi connectivity index (χ1n) is 5.98. The van der Waals surface area contributed by atoms with Crippen LogP contribution in [0.2, 0.25) is 0 Å². The molecule has 2 rings (SSSR count). The number of halogens is 3. The predicted molar refractivity (Wildman–Crippen MR) is 71.6 cm³/mol. The number of rotatable bonds is 2. The fraction of sp³-hybridized carbons (Fsp3) is 0.462. The third-order valence-corrected chi connectivity index (χ3v) is 3.25. The van der Waals surface area contributed by atoms with Gasteiger partial charge in [0.2, 0.25) is 0 Å². The molecule has 0 aromatic heterocycles. The first kappa shape index (κ1) is 15.9. The summed E-state index contributed by atoms with van der Waals surface area (Å²) < 4.78 is 26.1. The first-order valence-corrected chi connectivity index (χ1v) is 5.98. The minimum Gasteiger partial charge on any atom is -0.347 e. The fourth-order valence-corrected chi connectivity index (χ4v) is 2.13. The molecular weight excluding hydrogens is 274 g/mol. The van der Waals surface area contributed by atoms with E-state index in [1.807, 2.05) is 6.92 Å². The van der Waals surface area contributed by atoms with Crippen LogP contribution in [-0.4, -0.2) is 24.5 Å². The second-order valence-electron chi connectivity index (χ2n) is 4.92.